The van der Waals surface area contributed by atoms with Gasteiger partial charge in [-0.1, -0.05) is 12.1 Å². The molecule has 146 valence electrons. The third-order valence-corrected chi connectivity index (χ3v) is 5.18. The second-order valence-corrected chi connectivity index (χ2v) is 7.05. The first-order valence-electron chi connectivity index (χ1n) is 9.36. The van der Waals surface area contributed by atoms with Gasteiger partial charge in [0.15, 0.2) is 0 Å². The van der Waals surface area contributed by atoms with Crippen LogP contribution in [0, 0.1) is 27.4 Å². The largest absolute Gasteiger partial charge is 0.497 e. The standard InChI is InChI=1S/C21H24N4O3/c1-28-19-5-2-17(3-6-19)15-24-10-8-16(9-11-24)14-23-20-7-4-18(13-22)12-21(20)25(26)27/h2-7,12,16,23H,8-11,14-15H2,1H3. The molecule has 0 atom stereocenters. The Labute approximate surface area is 164 Å². The molecule has 7 nitrogen and oxygen atoms in total. The highest BCUT2D eigenvalue weighted by Gasteiger charge is 2.21. The van der Waals surface area contributed by atoms with Gasteiger partial charge >= 0.3 is 0 Å². The average molecular weight is 380 g/mol. The van der Waals surface area contributed by atoms with Gasteiger partial charge in [-0.25, -0.2) is 0 Å². The number of benzene rings is 2. The van der Waals surface area contributed by atoms with E-state index in [9.17, 15) is 10.1 Å². The molecule has 1 N–H and O–H groups in total. The predicted octanol–water partition coefficient (Wildman–Crippen LogP) is 3.80. The van der Waals surface area contributed by atoms with E-state index in [0.29, 0.717) is 23.7 Å². The summed E-state index contributed by atoms with van der Waals surface area (Å²) in [5.41, 5.74) is 2.00. The van der Waals surface area contributed by atoms with Crippen LogP contribution >= 0.6 is 0 Å². The molecule has 3 rings (SSSR count). The van der Waals surface area contributed by atoms with Gasteiger partial charge in [0, 0.05) is 19.2 Å². The molecular formula is C21H24N4O3. The Morgan fingerprint density at radius 2 is 1.96 bits per heavy atom. The number of anilines is 1. The van der Waals surface area contributed by atoms with Crippen LogP contribution in [0.4, 0.5) is 11.4 Å². The van der Waals surface area contributed by atoms with Gasteiger partial charge in [-0.15, -0.1) is 0 Å². The number of nitro benzene ring substituents is 1. The van der Waals surface area contributed by atoms with E-state index in [1.165, 1.54) is 11.6 Å². The molecule has 0 unspecified atom stereocenters. The van der Waals surface area contributed by atoms with E-state index in [2.05, 4.69) is 22.3 Å². The number of rotatable bonds is 7. The zero-order chi connectivity index (χ0) is 19.9. The number of nitro groups is 1. The Morgan fingerprint density at radius 1 is 1.25 bits per heavy atom. The molecule has 1 fully saturated rings. The molecule has 0 radical (unpaired) electrons. The van der Waals surface area contributed by atoms with Gasteiger partial charge in [0.05, 0.1) is 23.7 Å². The number of hydrogen-bond acceptors (Lipinski definition) is 6. The zero-order valence-corrected chi connectivity index (χ0v) is 15.9. The quantitative estimate of drug-likeness (QED) is 0.580. The lowest BCUT2D eigenvalue weighted by Crippen LogP contribution is -2.35. The molecule has 0 aromatic heterocycles. The van der Waals surface area contributed by atoms with Crippen LogP contribution in [0.2, 0.25) is 0 Å². The summed E-state index contributed by atoms with van der Waals surface area (Å²) in [7, 11) is 1.67. The normalized spacial score (nSPS) is 15.0. The minimum atomic E-state index is -0.444. The van der Waals surface area contributed by atoms with Crippen molar-refractivity contribution in [1.82, 2.24) is 4.90 Å². The average Bonchev–Trinajstić information content (AvgIpc) is 2.73. The molecule has 0 aliphatic carbocycles. The van der Waals surface area contributed by atoms with Crippen molar-refractivity contribution >= 4 is 11.4 Å². The van der Waals surface area contributed by atoms with Gasteiger partial charge < -0.3 is 10.1 Å². The Bertz CT molecular complexity index is 853. The predicted molar refractivity (Wildman–Crippen MR) is 107 cm³/mol. The summed E-state index contributed by atoms with van der Waals surface area (Å²) >= 11 is 0. The van der Waals surface area contributed by atoms with Crippen molar-refractivity contribution in [2.75, 3.05) is 32.1 Å². The van der Waals surface area contributed by atoms with Crippen LogP contribution in [-0.2, 0) is 6.54 Å². The number of nitriles is 1. The second kappa shape index (κ2) is 9.20. The lowest BCUT2D eigenvalue weighted by atomic mass is 9.96. The van der Waals surface area contributed by atoms with Crippen LogP contribution < -0.4 is 10.1 Å². The van der Waals surface area contributed by atoms with Crippen LogP contribution in [0.5, 0.6) is 5.75 Å². The molecule has 1 saturated heterocycles. The maximum absolute atomic E-state index is 11.2. The zero-order valence-electron chi connectivity index (χ0n) is 15.9. The first kappa shape index (κ1) is 19.6. The van der Waals surface area contributed by atoms with E-state index < -0.39 is 4.92 Å². The maximum atomic E-state index is 11.2. The van der Waals surface area contributed by atoms with Crippen LogP contribution in [0.15, 0.2) is 42.5 Å². The molecule has 2 aromatic carbocycles. The fraction of sp³-hybridized carbons (Fsp3) is 0.381. The molecule has 0 saturated carbocycles. The topological polar surface area (TPSA) is 91.4 Å². The van der Waals surface area contributed by atoms with Crippen LogP contribution in [0.3, 0.4) is 0 Å². The van der Waals surface area contributed by atoms with Crippen molar-refractivity contribution in [1.29, 1.82) is 5.26 Å². The lowest BCUT2D eigenvalue weighted by molar-refractivity contribution is -0.384. The molecule has 0 spiro atoms. The van der Waals surface area contributed by atoms with E-state index in [-0.39, 0.29) is 5.69 Å². The fourth-order valence-electron chi connectivity index (χ4n) is 3.49. The molecule has 2 aromatic rings. The Morgan fingerprint density at radius 3 is 2.57 bits per heavy atom. The minimum Gasteiger partial charge on any atom is -0.497 e. The Balaban J connectivity index is 1.49. The van der Waals surface area contributed by atoms with Gasteiger partial charge in [0.25, 0.3) is 5.69 Å². The van der Waals surface area contributed by atoms with Crippen molar-refractivity contribution in [3.8, 4) is 11.8 Å². The first-order valence-corrected chi connectivity index (χ1v) is 9.36. The van der Waals surface area contributed by atoms with Crippen molar-refractivity contribution in [3.63, 3.8) is 0 Å². The number of hydrogen-bond donors (Lipinski definition) is 1. The molecule has 1 aliphatic heterocycles. The Kier molecular flexibility index (Phi) is 6.45. The van der Waals surface area contributed by atoms with Crippen LogP contribution in [0.25, 0.3) is 0 Å². The number of methoxy groups -OCH3 is 1. The van der Waals surface area contributed by atoms with Crippen molar-refractivity contribution in [3.05, 3.63) is 63.7 Å². The van der Waals surface area contributed by atoms with E-state index in [1.807, 2.05) is 18.2 Å². The third-order valence-electron chi connectivity index (χ3n) is 5.18. The summed E-state index contributed by atoms with van der Waals surface area (Å²) in [6, 6.07) is 14.6. The van der Waals surface area contributed by atoms with Gasteiger partial charge in [-0.3, -0.25) is 15.0 Å². The van der Waals surface area contributed by atoms with E-state index >= 15 is 0 Å². The second-order valence-electron chi connectivity index (χ2n) is 7.05. The molecule has 28 heavy (non-hydrogen) atoms. The third kappa shape index (κ3) is 4.99. The highest BCUT2D eigenvalue weighted by atomic mass is 16.6. The Hall–Kier alpha value is -3.11. The number of nitrogens with zero attached hydrogens (tertiary/aromatic N) is 3. The monoisotopic (exact) mass is 380 g/mol. The molecule has 0 amide bonds. The first-order chi connectivity index (χ1) is 13.6. The molecule has 1 heterocycles. The highest BCUT2D eigenvalue weighted by molar-refractivity contribution is 5.64. The summed E-state index contributed by atoms with van der Waals surface area (Å²) in [4.78, 5) is 13.2. The van der Waals surface area contributed by atoms with Crippen LogP contribution in [-0.4, -0.2) is 36.6 Å². The fourth-order valence-corrected chi connectivity index (χ4v) is 3.49. The molecule has 1 aliphatic rings. The summed E-state index contributed by atoms with van der Waals surface area (Å²) in [5, 5.41) is 23.4. The van der Waals surface area contributed by atoms with Gasteiger partial charge in [0.2, 0.25) is 0 Å². The smallest absolute Gasteiger partial charge is 0.293 e. The van der Waals surface area contributed by atoms with E-state index in [0.717, 1.165) is 38.2 Å². The summed E-state index contributed by atoms with van der Waals surface area (Å²) in [6.07, 6.45) is 2.10. The van der Waals surface area contributed by atoms with Gasteiger partial charge in [0.1, 0.15) is 11.4 Å². The van der Waals surface area contributed by atoms with E-state index in [4.69, 9.17) is 10.00 Å². The SMILES string of the molecule is COc1ccc(CN2CCC(CNc3ccc(C#N)cc3[N+](=O)[O-])CC2)cc1. The van der Waals surface area contributed by atoms with Crippen molar-refractivity contribution in [2.24, 2.45) is 5.92 Å². The highest BCUT2D eigenvalue weighted by Crippen LogP contribution is 2.27. The van der Waals surface area contributed by atoms with Gasteiger partial charge in [-0.2, -0.15) is 5.26 Å². The summed E-state index contributed by atoms with van der Waals surface area (Å²) < 4.78 is 5.19. The lowest BCUT2D eigenvalue weighted by Gasteiger charge is -2.32. The number of ether oxygens (including phenoxy) is 1. The summed E-state index contributed by atoms with van der Waals surface area (Å²) in [5.74, 6) is 1.34. The number of likely N-dealkylation sites (tertiary alicyclic amines) is 1. The van der Waals surface area contributed by atoms with Crippen LogP contribution in [0.1, 0.15) is 24.0 Å². The van der Waals surface area contributed by atoms with E-state index in [1.54, 1.807) is 19.2 Å². The maximum Gasteiger partial charge on any atom is 0.293 e. The number of nitrogens with one attached hydrogen (secondary N) is 1. The molecule has 7 heteroatoms. The van der Waals surface area contributed by atoms with Crippen molar-refractivity contribution in [2.45, 2.75) is 19.4 Å². The van der Waals surface area contributed by atoms with Gasteiger partial charge in [-0.05, 0) is 61.7 Å². The summed E-state index contributed by atoms with van der Waals surface area (Å²) in [6.45, 7) is 3.63. The van der Waals surface area contributed by atoms with Crippen molar-refractivity contribution < 1.29 is 9.66 Å². The molecule has 0 bridgehead atoms. The minimum absolute atomic E-state index is 0.0454. The number of piperidine rings is 1. The molecular weight excluding hydrogens is 356 g/mol.